The molecule has 1 amide bonds. The number of thioether (sulfide) groups is 1. The summed E-state index contributed by atoms with van der Waals surface area (Å²) in [6.45, 7) is 0.144. The van der Waals surface area contributed by atoms with E-state index in [1.807, 2.05) is 36.4 Å². The van der Waals surface area contributed by atoms with Crippen LogP contribution in [0.25, 0.3) is 11.1 Å². The van der Waals surface area contributed by atoms with Gasteiger partial charge in [-0.1, -0.05) is 48.5 Å². The smallest absolute Gasteiger partial charge is 0.411 e. The van der Waals surface area contributed by atoms with Gasteiger partial charge >= 0.3 is 12.1 Å². The van der Waals surface area contributed by atoms with Crippen LogP contribution < -0.4 is 0 Å². The number of ether oxygens (including phenoxy) is 1. The van der Waals surface area contributed by atoms with Crippen molar-refractivity contribution >= 4 is 23.8 Å². The van der Waals surface area contributed by atoms with Crippen LogP contribution >= 0.6 is 11.8 Å². The maximum Gasteiger partial charge on any atom is 0.411 e. The molecule has 0 radical (unpaired) electrons. The number of hydrogen-bond acceptors (Lipinski definition) is 5. The number of amides is 1. The van der Waals surface area contributed by atoms with Crippen LogP contribution in [-0.2, 0) is 9.53 Å². The summed E-state index contributed by atoms with van der Waals surface area (Å²) in [7, 11) is 0. The number of carboxylic acids is 1. The van der Waals surface area contributed by atoms with Crippen molar-refractivity contribution in [1.29, 1.82) is 0 Å². The Kier molecular flexibility index (Phi) is 4.75. The van der Waals surface area contributed by atoms with Crippen LogP contribution in [-0.4, -0.2) is 40.5 Å². The van der Waals surface area contributed by atoms with Gasteiger partial charge in [0.25, 0.3) is 0 Å². The van der Waals surface area contributed by atoms with E-state index in [0.717, 1.165) is 22.3 Å². The molecule has 1 aliphatic heterocycles. The number of furan rings is 1. The summed E-state index contributed by atoms with van der Waals surface area (Å²) in [5.41, 5.74) is 4.50. The molecule has 2 aliphatic rings. The van der Waals surface area contributed by atoms with Crippen LogP contribution in [0.5, 0.6) is 0 Å². The van der Waals surface area contributed by atoms with E-state index in [2.05, 4.69) is 12.1 Å². The maximum atomic E-state index is 13.0. The molecule has 2 atom stereocenters. The summed E-state index contributed by atoms with van der Waals surface area (Å²) in [6, 6.07) is 18.7. The predicted molar refractivity (Wildman–Crippen MR) is 112 cm³/mol. The van der Waals surface area contributed by atoms with Crippen molar-refractivity contribution in [2.75, 3.05) is 12.4 Å². The van der Waals surface area contributed by atoms with E-state index < -0.39 is 23.5 Å². The SMILES string of the molecule is O=C(O)C1CSC(c2ccco2)N1C(=O)OCC1c2ccccc2-c2ccccc21. The minimum Gasteiger partial charge on any atom is -0.480 e. The van der Waals surface area contributed by atoms with E-state index in [9.17, 15) is 14.7 Å². The van der Waals surface area contributed by atoms with Gasteiger partial charge in [-0.3, -0.25) is 4.90 Å². The summed E-state index contributed by atoms with van der Waals surface area (Å²) in [5, 5.41) is 9.08. The number of carbonyl (C=O) groups excluding carboxylic acids is 1. The van der Waals surface area contributed by atoms with E-state index in [1.54, 1.807) is 12.1 Å². The lowest BCUT2D eigenvalue weighted by Crippen LogP contribution is -2.43. The van der Waals surface area contributed by atoms with Gasteiger partial charge in [0.2, 0.25) is 0 Å². The lowest BCUT2D eigenvalue weighted by atomic mass is 9.98. The molecule has 6 nitrogen and oxygen atoms in total. The average molecular weight is 421 g/mol. The highest BCUT2D eigenvalue weighted by molar-refractivity contribution is 7.99. The van der Waals surface area contributed by atoms with Crippen molar-refractivity contribution in [3.05, 3.63) is 83.8 Å². The van der Waals surface area contributed by atoms with Gasteiger partial charge in [-0.15, -0.1) is 11.8 Å². The standard InChI is InChI=1S/C23H19NO5S/c25-22(26)19-13-30-21(20-10-5-11-28-20)24(19)23(27)29-12-18-16-8-3-1-6-14(16)15-7-2-4-9-17(15)18/h1-11,18-19,21H,12-13H2,(H,25,26). The zero-order chi connectivity index (χ0) is 20.7. The lowest BCUT2D eigenvalue weighted by Gasteiger charge is -2.26. The Morgan fingerprint density at radius 1 is 1.03 bits per heavy atom. The molecule has 1 aromatic heterocycles. The van der Waals surface area contributed by atoms with Gasteiger partial charge in [0.05, 0.1) is 6.26 Å². The summed E-state index contributed by atoms with van der Waals surface area (Å²) < 4.78 is 11.1. The Hall–Kier alpha value is -3.19. The molecule has 1 fully saturated rings. The highest BCUT2D eigenvalue weighted by Crippen LogP contribution is 2.45. The van der Waals surface area contributed by atoms with Crippen LogP contribution in [0.15, 0.2) is 71.3 Å². The first-order valence-corrected chi connectivity index (χ1v) is 10.7. The van der Waals surface area contributed by atoms with Gasteiger partial charge in [-0.05, 0) is 34.4 Å². The minimum absolute atomic E-state index is 0.0815. The Morgan fingerprint density at radius 3 is 2.30 bits per heavy atom. The van der Waals surface area contributed by atoms with E-state index in [1.165, 1.54) is 22.9 Å². The fraction of sp³-hybridized carbons (Fsp3) is 0.217. The second-order valence-electron chi connectivity index (χ2n) is 7.27. The number of carbonyl (C=O) groups is 2. The summed E-state index contributed by atoms with van der Waals surface area (Å²) in [4.78, 5) is 26.0. The summed E-state index contributed by atoms with van der Waals surface area (Å²) in [6.07, 6.45) is 0.871. The molecule has 2 heterocycles. The molecule has 7 heteroatoms. The van der Waals surface area contributed by atoms with Crippen LogP contribution in [0.3, 0.4) is 0 Å². The van der Waals surface area contributed by atoms with E-state index >= 15 is 0 Å². The number of rotatable bonds is 4. The molecule has 0 saturated carbocycles. The molecule has 30 heavy (non-hydrogen) atoms. The van der Waals surface area contributed by atoms with Crippen molar-refractivity contribution in [3.8, 4) is 11.1 Å². The fourth-order valence-electron chi connectivity index (χ4n) is 4.24. The lowest BCUT2D eigenvalue weighted by molar-refractivity contribution is -0.141. The summed E-state index contributed by atoms with van der Waals surface area (Å²) >= 11 is 1.36. The van der Waals surface area contributed by atoms with Crippen molar-refractivity contribution < 1.29 is 23.8 Å². The van der Waals surface area contributed by atoms with Gasteiger partial charge in [-0.2, -0.15) is 0 Å². The third-order valence-corrected chi connectivity index (χ3v) is 6.90. The molecular weight excluding hydrogens is 402 g/mol. The minimum atomic E-state index is -1.05. The zero-order valence-electron chi connectivity index (χ0n) is 15.9. The predicted octanol–water partition coefficient (Wildman–Crippen LogP) is 4.73. The number of carboxylic acid groups (broad SMARTS) is 1. The number of fused-ring (bicyclic) bond motifs is 3. The van der Waals surface area contributed by atoms with Crippen molar-refractivity contribution in [2.45, 2.75) is 17.3 Å². The van der Waals surface area contributed by atoms with Gasteiger partial charge in [0, 0.05) is 11.7 Å². The number of hydrogen-bond donors (Lipinski definition) is 1. The fourth-order valence-corrected chi connectivity index (χ4v) is 5.60. The van der Waals surface area contributed by atoms with Gasteiger partial charge in [-0.25, -0.2) is 9.59 Å². The Morgan fingerprint density at radius 2 is 1.70 bits per heavy atom. The molecule has 2 unspecified atom stereocenters. The Balaban J connectivity index is 1.39. The molecule has 0 bridgehead atoms. The first-order valence-electron chi connectivity index (χ1n) is 9.66. The zero-order valence-corrected chi connectivity index (χ0v) is 16.7. The van der Waals surface area contributed by atoms with E-state index in [-0.39, 0.29) is 18.3 Å². The number of benzene rings is 2. The topological polar surface area (TPSA) is 80.0 Å². The van der Waals surface area contributed by atoms with Crippen molar-refractivity contribution in [1.82, 2.24) is 4.90 Å². The molecule has 2 aromatic carbocycles. The number of nitrogens with zero attached hydrogens (tertiary/aromatic N) is 1. The van der Waals surface area contributed by atoms with Crippen LogP contribution in [0, 0.1) is 0 Å². The third-order valence-electron chi connectivity index (χ3n) is 5.62. The summed E-state index contributed by atoms with van der Waals surface area (Å²) in [5.74, 6) is -0.311. The largest absolute Gasteiger partial charge is 0.480 e. The highest BCUT2D eigenvalue weighted by Gasteiger charge is 2.45. The van der Waals surface area contributed by atoms with E-state index in [4.69, 9.17) is 9.15 Å². The van der Waals surface area contributed by atoms with Crippen LogP contribution in [0.2, 0.25) is 0 Å². The van der Waals surface area contributed by atoms with E-state index in [0.29, 0.717) is 5.76 Å². The monoisotopic (exact) mass is 421 g/mol. The molecule has 0 spiro atoms. The first-order chi connectivity index (χ1) is 14.6. The van der Waals surface area contributed by atoms with Crippen molar-refractivity contribution in [3.63, 3.8) is 0 Å². The van der Waals surface area contributed by atoms with Crippen LogP contribution in [0.4, 0.5) is 4.79 Å². The van der Waals surface area contributed by atoms with Gasteiger partial charge in [0.15, 0.2) is 0 Å². The normalized spacial score (nSPS) is 20.1. The first kappa shape index (κ1) is 18.8. The number of aliphatic carboxylic acids is 1. The second kappa shape index (κ2) is 7.57. The van der Waals surface area contributed by atoms with Crippen LogP contribution in [0.1, 0.15) is 28.2 Å². The molecule has 1 aliphatic carbocycles. The Bertz CT molecular complexity index is 1050. The quantitative estimate of drug-likeness (QED) is 0.656. The maximum absolute atomic E-state index is 13.0. The molecule has 1 N–H and O–H groups in total. The van der Waals surface area contributed by atoms with Gasteiger partial charge < -0.3 is 14.3 Å². The Labute approximate surface area is 177 Å². The molecular formula is C23H19NO5S. The molecule has 152 valence electrons. The van der Waals surface area contributed by atoms with Crippen molar-refractivity contribution in [2.24, 2.45) is 0 Å². The molecule has 1 saturated heterocycles. The van der Waals surface area contributed by atoms with Gasteiger partial charge in [0.1, 0.15) is 23.8 Å². The highest BCUT2D eigenvalue weighted by atomic mass is 32.2. The second-order valence-corrected chi connectivity index (χ2v) is 8.38. The average Bonchev–Trinajstić information content (AvgIpc) is 3.49. The molecule has 5 rings (SSSR count). The molecule has 3 aromatic rings. The third kappa shape index (κ3) is 3.06.